The Hall–Kier alpha value is -1.96. The second kappa shape index (κ2) is 7.11. The monoisotopic (exact) mass is 362 g/mol. The molecule has 2 heterocycles. The van der Waals surface area contributed by atoms with Gasteiger partial charge in [-0.1, -0.05) is 17.7 Å². The zero-order chi connectivity index (χ0) is 18.0. The van der Waals surface area contributed by atoms with Gasteiger partial charge >= 0.3 is 0 Å². The molecule has 1 aliphatic heterocycles. The molecule has 1 aromatic carbocycles. The topological polar surface area (TPSA) is 68.7 Å². The number of sulfonamides is 1. The molecule has 0 radical (unpaired) electrons. The van der Waals surface area contributed by atoms with Gasteiger partial charge in [0.1, 0.15) is 0 Å². The zero-order valence-electron chi connectivity index (χ0n) is 14.5. The third-order valence-electron chi connectivity index (χ3n) is 4.23. The minimum absolute atomic E-state index is 0.210. The highest BCUT2D eigenvalue weighted by molar-refractivity contribution is 7.89. The first-order valence-electron chi connectivity index (χ1n) is 8.12. The van der Waals surface area contributed by atoms with Crippen LogP contribution in [0.5, 0.6) is 5.88 Å². The molecule has 134 valence electrons. The van der Waals surface area contributed by atoms with Crippen molar-refractivity contribution in [2.75, 3.05) is 20.2 Å². The molecule has 2 atom stereocenters. The maximum atomic E-state index is 13.0. The summed E-state index contributed by atoms with van der Waals surface area (Å²) in [4.78, 5) is 4.39. The van der Waals surface area contributed by atoms with Crippen molar-refractivity contribution in [1.29, 1.82) is 0 Å². The Morgan fingerprint density at radius 3 is 2.60 bits per heavy atom. The normalized spacial score (nSPS) is 21.9. The highest BCUT2D eigenvalue weighted by atomic mass is 32.2. The first-order chi connectivity index (χ1) is 11.9. The van der Waals surface area contributed by atoms with Crippen LogP contribution in [-0.2, 0) is 14.8 Å². The van der Waals surface area contributed by atoms with Crippen LogP contribution in [0.3, 0.4) is 0 Å². The van der Waals surface area contributed by atoms with E-state index in [1.54, 1.807) is 31.5 Å². The number of hydrogen-bond acceptors (Lipinski definition) is 5. The average Bonchev–Trinajstić information content (AvgIpc) is 2.61. The molecule has 0 saturated carbocycles. The Labute approximate surface area is 148 Å². The predicted octanol–water partition coefficient (Wildman–Crippen LogP) is 2.55. The SMILES string of the molecule is COc1cc([C@H]2CN(S(=O)(=O)c3ccc(C)cc3)C[C@@H](C)O2)ccn1. The number of ether oxygens (including phenoxy) is 2. The maximum Gasteiger partial charge on any atom is 0.243 e. The van der Waals surface area contributed by atoms with Gasteiger partial charge in [0, 0.05) is 25.4 Å². The summed E-state index contributed by atoms with van der Waals surface area (Å²) >= 11 is 0. The second-order valence-electron chi connectivity index (χ2n) is 6.20. The lowest BCUT2D eigenvalue weighted by Crippen LogP contribution is -2.45. The molecule has 3 rings (SSSR count). The van der Waals surface area contributed by atoms with Crippen LogP contribution < -0.4 is 4.74 Å². The molecule has 1 fully saturated rings. The third kappa shape index (κ3) is 3.84. The van der Waals surface area contributed by atoms with Crippen molar-refractivity contribution in [3.8, 4) is 5.88 Å². The number of benzene rings is 1. The molecule has 0 amide bonds. The van der Waals surface area contributed by atoms with Crippen LogP contribution in [0, 0.1) is 6.92 Å². The van der Waals surface area contributed by atoms with E-state index in [1.165, 1.54) is 4.31 Å². The van der Waals surface area contributed by atoms with E-state index in [9.17, 15) is 8.42 Å². The summed E-state index contributed by atoms with van der Waals surface area (Å²) in [6.07, 6.45) is 1.06. The molecule has 0 bridgehead atoms. The van der Waals surface area contributed by atoms with Crippen LogP contribution in [0.1, 0.15) is 24.2 Å². The molecule has 0 aliphatic carbocycles. The van der Waals surface area contributed by atoms with Gasteiger partial charge in [-0.25, -0.2) is 13.4 Å². The van der Waals surface area contributed by atoms with Crippen LogP contribution >= 0.6 is 0 Å². The Morgan fingerprint density at radius 1 is 1.20 bits per heavy atom. The Kier molecular flexibility index (Phi) is 5.08. The summed E-state index contributed by atoms with van der Waals surface area (Å²) in [5, 5.41) is 0. The predicted molar refractivity (Wildman–Crippen MR) is 94.0 cm³/mol. The van der Waals surface area contributed by atoms with Gasteiger partial charge in [0.15, 0.2) is 0 Å². The van der Waals surface area contributed by atoms with Crippen LogP contribution in [-0.4, -0.2) is 44.0 Å². The molecule has 6 nitrogen and oxygen atoms in total. The number of aromatic nitrogens is 1. The van der Waals surface area contributed by atoms with E-state index in [1.807, 2.05) is 32.0 Å². The number of pyridine rings is 1. The third-order valence-corrected chi connectivity index (χ3v) is 6.07. The van der Waals surface area contributed by atoms with Crippen LogP contribution in [0.2, 0.25) is 0 Å². The number of methoxy groups -OCH3 is 1. The van der Waals surface area contributed by atoms with E-state index in [0.29, 0.717) is 17.3 Å². The van der Waals surface area contributed by atoms with Gasteiger partial charge in [-0.2, -0.15) is 4.31 Å². The molecule has 1 aliphatic rings. The number of nitrogens with zero attached hydrogens (tertiary/aromatic N) is 2. The Balaban J connectivity index is 1.88. The maximum absolute atomic E-state index is 13.0. The molecule has 1 aromatic heterocycles. The number of rotatable bonds is 4. The van der Waals surface area contributed by atoms with Crippen molar-refractivity contribution in [1.82, 2.24) is 9.29 Å². The molecule has 7 heteroatoms. The smallest absolute Gasteiger partial charge is 0.243 e. The zero-order valence-corrected chi connectivity index (χ0v) is 15.4. The summed E-state index contributed by atoms with van der Waals surface area (Å²) in [6.45, 7) is 4.39. The van der Waals surface area contributed by atoms with E-state index in [2.05, 4.69) is 4.98 Å². The molecule has 0 spiro atoms. The fraction of sp³-hybridized carbons (Fsp3) is 0.389. The largest absolute Gasteiger partial charge is 0.481 e. The molecule has 2 aromatic rings. The van der Waals surface area contributed by atoms with E-state index in [-0.39, 0.29) is 18.8 Å². The summed E-state index contributed by atoms with van der Waals surface area (Å²) in [5.41, 5.74) is 1.87. The lowest BCUT2D eigenvalue weighted by atomic mass is 10.1. The fourth-order valence-corrected chi connectivity index (χ4v) is 4.40. The van der Waals surface area contributed by atoms with Crippen molar-refractivity contribution in [2.24, 2.45) is 0 Å². The van der Waals surface area contributed by atoms with Crippen LogP contribution in [0.4, 0.5) is 0 Å². The first kappa shape index (κ1) is 17.8. The van der Waals surface area contributed by atoms with Gasteiger partial charge < -0.3 is 9.47 Å². The van der Waals surface area contributed by atoms with Gasteiger partial charge in [0.25, 0.3) is 0 Å². The molecular weight excluding hydrogens is 340 g/mol. The lowest BCUT2D eigenvalue weighted by molar-refractivity contribution is -0.0558. The quantitative estimate of drug-likeness (QED) is 0.836. The fourth-order valence-electron chi connectivity index (χ4n) is 2.89. The standard InChI is InChI=1S/C18H22N2O4S/c1-13-4-6-16(7-5-13)25(21,22)20-11-14(2)24-17(12-20)15-8-9-19-18(10-15)23-3/h4-10,14,17H,11-12H2,1-3H3/t14-,17-/m1/s1. The highest BCUT2D eigenvalue weighted by Crippen LogP contribution is 2.30. The van der Waals surface area contributed by atoms with E-state index >= 15 is 0 Å². The number of hydrogen-bond donors (Lipinski definition) is 0. The molecular formula is C18H22N2O4S. The Morgan fingerprint density at radius 2 is 1.92 bits per heavy atom. The summed E-state index contributed by atoms with van der Waals surface area (Å²) in [6, 6.07) is 10.5. The van der Waals surface area contributed by atoms with Crippen molar-refractivity contribution in [3.63, 3.8) is 0 Å². The minimum Gasteiger partial charge on any atom is -0.481 e. The first-order valence-corrected chi connectivity index (χ1v) is 9.56. The van der Waals surface area contributed by atoms with Crippen molar-refractivity contribution >= 4 is 10.0 Å². The second-order valence-corrected chi connectivity index (χ2v) is 8.14. The number of aryl methyl sites for hydroxylation is 1. The molecule has 25 heavy (non-hydrogen) atoms. The van der Waals surface area contributed by atoms with E-state index < -0.39 is 10.0 Å². The van der Waals surface area contributed by atoms with Crippen molar-refractivity contribution in [3.05, 3.63) is 53.7 Å². The van der Waals surface area contributed by atoms with E-state index in [0.717, 1.165) is 11.1 Å². The van der Waals surface area contributed by atoms with Gasteiger partial charge in [-0.15, -0.1) is 0 Å². The van der Waals surface area contributed by atoms with Crippen molar-refractivity contribution < 1.29 is 17.9 Å². The van der Waals surface area contributed by atoms with Crippen molar-refractivity contribution in [2.45, 2.75) is 31.0 Å². The average molecular weight is 362 g/mol. The lowest BCUT2D eigenvalue weighted by Gasteiger charge is -2.36. The summed E-state index contributed by atoms with van der Waals surface area (Å²) < 4.78 is 38.6. The molecule has 0 N–H and O–H groups in total. The van der Waals surface area contributed by atoms with Gasteiger partial charge in [0.2, 0.25) is 15.9 Å². The van der Waals surface area contributed by atoms with Gasteiger partial charge in [-0.3, -0.25) is 0 Å². The molecule has 1 saturated heterocycles. The Bertz CT molecular complexity index is 836. The highest BCUT2D eigenvalue weighted by Gasteiger charge is 2.34. The minimum atomic E-state index is -3.56. The van der Waals surface area contributed by atoms with E-state index in [4.69, 9.17) is 9.47 Å². The summed E-state index contributed by atoms with van der Waals surface area (Å²) in [7, 11) is -2.02. The summed E-state index contributed by atoms with van der Waals surface area (Å²) in [5.74, 6) is 0.479. The van der Waals surface area contributed by atoms with Crippen LogP contribution in [0.15, 0.2) is 47.5 Å². The van der Waals surface area contributed by atoms with Gasteiger partial charge in [-0.05, 0) is 37.6 Å². The molecule has 0 unspecified atom stereocenters. The van der Waals surface area contributed by atoms with Crippen LogP contribution in [0.25, 0.3) is 0 Å². The van der Waals surface area contributed by atoms with Gasteiger partial charge in [0.05, 0.1) is 24.2 Å². The number of morpholine rings is 1.